The SMILES string of the molecule is c1ccc([C@H]2C[N]CCN2)cc1. The molecule has 0 spiro atoms. The first-order chi connectivity index (χ1) is 5.97. The van der Waals surface area contributed by atoms with Gasteiger partial charge in [-0.3, -0.25) is 0 Å². The monoisotopic (exact) mass is 161 g/mol. The quantitative estimate of drug-likeness (QED) is 0.651. The number of hydrogen-bond donors (Lipinski definition) is 1. The van der Waals surface area contributed by atoms with Crippen molar-refractivity contribution in [2.24, 2.45) is 0 Å². The van der Waals surface area contributed by atoms with Gasteiger partial charge in [0.1, 0.15) is 0 Å². The van der Waals surface area contributed by atoms with Gasteiger partial charge in [0.15, 0.2) is 0 Å². The maximum absolute atomic E-state index is 4.37. The molecule has 1 aliphatic heterocycles. The molecular formula is C10H13N2. The van der Waals surface area contributed by atoms with E-state index in [4.69, 9.17) is 0 Å². The molecule has 1 aromatic rings. The number of hydrogen-bond acceptors (Lipinski definition) is 1. The molecule has 1 radical (unpaired) electrons. The second-order valence-electron chi connectivity index (χ2n) is 3.05. The molecule has 1 fully saturated rings. The summed E-state index contributed by atoms with van der Waals surface area (Å²) in [6, 6.07) is 10.9. The minimum Gasteiger partial charge on any atom is -0.307 e. The predicted molar refractivity (Wildman–Crippen MR) is 49.1 cm³/mol. The highest BCUT2D eigenvalue weighted by Crippen LogP contribution is 2.12. The first kappa shape index (κ1) is 7.77. The molecule has 2 nitrogen and oxygen atoms in total. The topological polar surface area (TPSA) is 26.1 Å². The zero-order valence-electron chi connectivity index (χ0n) is 7.03. The largest absolute Gasteiger partial charge is 0.307 e. The molecule has 1 atom stereocenters. The molecule has 0 amide bonds. The molecule has 1 saturated heterocycles. The van der Waals surface area contributed by atoms with E-state index in [0.29, 0.717) is 6.04 Å². The third kappa shape index (κ3) is 1.65. The Labute approximate surface area is 73.0 Å². The first-order valence-corrected chi connectivity index (χ1v) is 4.38. The predicted octanol–water partition coefficient (Wildman–Crippen LogP) is 0.935. The number of benzene rings is 1. The van der Waals surface area contributed by atoms with Crippen LogP contribution in [0, 0.1) is 0 Å². The second-order valence-corrected chi connectivity index (χ2v) is 3.05. The summed E-state index contributed by atoms with van der Waals surface area (Å²) in [6.07, 6.45) is 0. The number of rotatable bonds is 1. The van der Waals surface area contributed by atoms with Crippen molar-refractivity contribution in [2.75, 3.05) is 19.6 Å². The zero-order valence-corrected chi connectivity index (χ0v) is 7.03. The van der Waals surface area contributed by atoms with Crippen LogP contribution in [0.25, 0.3) is 0 Å². The average molecular weight is 161 g/mol. The van der Waals surface area contributed by atoms with Gasteiger partial charge >= 0.3 is 0 Å². The summed E-state index contributed by atoms with van der Waals surface area (Å²) < 4.78 is 0. The Bertz CT molecular complexity index is 227. The molecule has 2 rings (SSSR count). The fourth-order valence-electron chi connectivity index (χ4n) is 1.51. The lowest BCUT2D eigenvalue weighted by molar-refractivity contribution is 0.424. The number of piperazine rings is 1. The molecule has 2 heteroatoms. The molecule has 12 heavy (non-hydrogen) atoms. The standard InChI is InChI=1S/C10H13N2/c1-2-4-9(5-3-1)10-8-11-6-7-12-10/h1-5,10,12H,6-8H2/t10-/m1/s1. The van der Waals surface area contributed by atoms with Crippen LogP contribution in [0.15, 0.2) is 30.3 Å². The van der Waals surface area contributed by atoms with Crippen molar-refractivity contribution in [1.82, 2.24) is 10.6 Å². The molecule has 1 aromatic carbocycles. The Morgan fingerprint density at radius 3 is 2.75 bits per heavy atom. The number of nitrogens with one attached hydrogen (secondary N) is 1. The molecule has 63 valence electrons. The lowest BCUT2D eigenvalue weighted by atomic mass is 10.1. The Morgan fingerprint density at radius 2 is 2.08 bits per heavy atom. The third-order valence-electron chi connectivity index (χ3n) is 2.17. The lowest BCUT2D eigenvalue weighted by Crippen LogP contribution is -2.38. The Kier molecular flexibility index (Phi) is 2.39. The van der Waals surface area contributed by atoms with Crippen molar-refractivity contribution < 1.29 is 0 Å². The van der Waals surface area contributed by atoms with Crippen LogP contribution in [0.3, 0.4) is 0 Å². The van der Waals surface area contributed by atoms with Crippen molar-refractivity contribution in [3.63, 3.8) is 0 Å². The summed E-state index contributed by atoms with van der Waals surface area (Å²) in [5, 5.41) is 7.81. The lowest BCUT2D eigenvalue weighted by Gasteiger charge is -2.23. The zero-order chi connectivity index (χ0) is 8.23. The highest BCUT2D eigenvalue weighted by molar-refractivity contribution is 5.19. The van der Waals surface area contributed by atoms with Gasteiger partial charge < -0.3 is 5.32 Å². The molecule has 0 aliphatic carbocycles. The van der Waals surface area contributed by atoms with Gasteiger partial charge in [0.2, 0.25) is 0 Å². The van der Waals surface area contributed by atoms with Crippen LogP contribution < -0.4 is 10.6 Å². The van der Waals surface area contributed by atoms with Gasteiger partial charge in [0.25, 0.3) is 0 Å². The van der Waals surface area contributed by atoms with E-state index in [1.807, 2.05) is 6.07 Å². The second kappa shape index (κ2) is 3.70. The van der Waals surface area contributed by atoms with E-state index in [9.17, 15) is 0 Å². The first-order valence-electron chi connectivity index (χ1n) is 4.38. The fraction of sp³-hybridized carbons (Fsp3) is 0.400. The smallest absolute Gasteiger partial charge is 0.0464 e. The van der Waals surface area contributed by atoms with Crippen LogP contribution >= 0.6 is 0 Å². The van der Waals surface area contributed by atoms with E-state index >= 15 is 0 Å². The van der Waals surface area contributed by atoms with E-state index in [-0.39, 0.29) is 0 Å². The van der Waals surface area contributed by atoms with Crippen LogP contribution in [-0.2, 0) is 0 Å². The van der Waals surface area contributed by atoms with Gasteiger partial charge in [-0.25, -0.2) is 5.32 Å². The van der Waals surface area contributed by atoms with Crippen molar-refractivity contribution in [1.29, 1.82) is 0 Å². The molecular weight excluding hydrogens is 148 g/mol. The highest BCUT2D eigenvalue weighted by Gasteiger charge is 2.13. The molecule has 0 bridgehead atoms. The van der Waals surface area contributed by atoms with Gasteiger partial charge in [0, 0.05) is 25.7 Å². The Morgan fingerprint density at radius 1 is 1.25 bits per heavy atom. The van der Waals surface area contributed by atoms with Gasteiger partial charge in [0.05, 0.1) is 0 Å². The minimum absolute atomic E-state index is 0.444. The van der Waals surface area contributed by atoms with Gasteiger partial charge in [-0.15, -0.1) is 0 Å². The summed E-state index contributed by atoms with van der Waals surface area (Å²) in [4.78, 5) is 0. The van der Waals surface area contributed by atoms with E-state index in [0.717, 1.165) is 19.6 Å². The highest BCUT2D eigenvalue weighted by atomic mass is 15.0. The third-order valence-corrected chi connectivity index (χ3v) is 2.17. The van der Waals surface area contributed by atoms with Gasteiger partial charge in [-0.1, -0.05) is 30.3 Å². The summed E-state index contributed by atoms with van der Waals surface area (Å²) in [5.41, 5.74) is 1.35. The van der Waals surface area contributed by atoms with Crippen LogP contribution in [0.1, 0.15) is 11.6 Å². The van der Waals surface area contributed by atoms with E-state index < -0.39 is 0 Å². The van der Waals surface area contributed by atoms with Crippen molar-refractivity contribution >= 4 is 0 Å². The maximum atomic E-state index is 4.37. The summed E-state index contributed by atoms with van der Waals surface area (Å²) in [6.45, 7) is 2.90. The molecule has 0 unspecified atom stereocenters. The van der Waals surface area contributed by atoms with Gasteiger partial charge in [-0.05, 0) is 5.56 Å². The van der Waals surface area contributed by atoms with Crippen molar-refractivity contribution in [3.8, 4) is 0 Å². The van der Waals surface area contributed by atoms with Crippen LogP contribution in [0.5, 0.6) is 0 Å². The molecule has 1 aliphatic rings. The van der Waals surface area contributed by atoms with Crippen LogP contribution in [-0.4, -0.2) is 19.6 Å². The van der Waals surface area contributed by atoms with E-state index in [2.05, 4.69) is 34.9 Å². The summed E-state index contributed by atoms with van der Waals surface area (Å²) in [7, 11) is 0. The Balaban J connectivity index is 2.08. The summed E-state index contributed by atoms with van der Waals surface area (Å²) in [5.74, 6) is 0. The fourth-order valence-corrected chi connectivity index (χ4v) is 1.51. The van der Waals surface area contributed by atoms with Crippen LogP contribution in [0.2, 0.25) is 0 Å². The molecule has 0 aromatic heterocycles. The maximum Gasteiger partial charge on any atom is 0.0464 e. The normalized spacial score (nSPS) is 23.8. The van der Waals surface area contributed by atoms with Crippen molar-refractivity contribution in [2.45, 2.75) is 6.04 Å². The molecule has 1 heterocycles. The molecule has 1 N–H and O–H groups in total. The average Bonchev–Trinajstić information content (AvgIpc) is 2.21. The van der Waals surface area contributed by atoms with Crippen LogP contribution in [0.4, 0.5) is 0 Å². The van der Waals surface area contributed by atoms with Gasteiger partial charge in [-0.2, -0.15) is 0 Å². The Hall–Kier alpha value is -0.860. The number of nitrogens with zero attached hydrogens (tertiary/aromatic N) is 1. The van der Waals surface area contributed by atoms with Crippen molar-refractivity contribution in [3.05, 3.63) is 35.9 Å². The van der Waals surface area contributed by atoms with E-state index in [1.54, 1.807) is 0 Å². The molecule has 0 saturated carbocycles. The van der Waals surface area contributed by atoms with E-state index in [1.165, 1.54) is 5.56 Å². The summed E-state index contributed by atoms with van der Waals surface area (Å²) >= 11 is 0. The minimum atomic E-state index is 0.444.